The Morgan fingerprint density at radius 2 is 1.59 bits per heavy atom. The minimum Gasteiger partial charge on any atom is -0.316 e. The topological polar surface area (TPSA) is 97.0 Å². The number of hydrogen-bond acceptors (Lipinski definition) is 5. The summed E-state index contributed by atoms with van der Waals surface area (Å²) in [7, 11) is -7.49. The zero-order valence-corrected chi connectivity index (χ0v) is 19.9. The molecule has 166 valence electrons. The highest BCUT2D eigenvalue weighted by atomic mass is 32.2. The summed E-state index contributed by atoms with van der Waals surface area (Å²) >= 11 is 0. The van der Waals surface area contributed by atoms with E-state index in [2.05, 4.69) is 0 Å². The molecule has 0 aliphatic carbocycles. The van der Waals surface area contributed by atoms with Gasteiger partial charge in [-0.3, -0.25) is 0 Å². The van der Waals surface area contributed by atoms with Gasteiger partial charge in [-0.15, -0.1) is 0 Å². The normalized spacial score (nSPS) is 12.7. The number of benzene rings is 2. The zero-order chi connectivity index (χ0) is 23.7. The monoisotopic (exact) mass is 468 g/mol. The molecule has 0 atom stereocenters. The Hall–Kier alpha value is -3.15. The molecule has 0 aliphatic heterocycles. The number of allylic oxidation sites excluding steroid dienone is 1. The first-order chi connectivity index (χ1) is 15.0. The Labute approximate surface area is 189 Å². The summed E-state index contributed by atoms with van der Waals surface area (Å²) in [4.78, 5) is -0.166. The molecule has 0 amide bonds. The molecular weight excluding hydrogens is 444 g/mol. The van der Waals surface area contributed by atoms with Crippen LogP contribution in [0.1, 0.15) is 36.7 Å². The van der Waals surface area contributed by atoms with Crippen LogP contribution in [0.3, 0.4) is 0 Å². The molecule has 3 rings (SSSR count). The van der Waals surface area contributed by atoms with Gasteiger partial charge in [0, 0.05) is 17.6 Å². The first-order valence-corrected chi connectivity index (χ1v) is 13.3. The van der Waals surface area contributed by atoms with E-state index in [0.717, 1.165) is 11.9 Å². The van der Waals surface area contributed by atoms with E-state index in [-0.39, 0.29) is 20.6 Å². The van der Waals surface area contributed by atoms with Gasteiger partial charge in [0.05, 0.1) is 15.5 Å². The van der Waals surface area contributed by atoms with Gasteiger partial charge in [0.2, 0.25) is 9.84 Å². The Bertz CT molecular complexity index is 1440. The van der Waals surface area contributed by atoms with Crippen LogP contribution in [0.25, 0.3) is 11.8 Å². The highest BCUT2D eigenvalue weighted by Crippen LogP contribution is 2.32. The number of sulfone groups is 2. The van der Waals surface area contributed by atoms with Crippen LogP contribution in [0.2, 0.25) is 0 Å². The molecule has 0 radical (unpaired) electrons. The molecule has 8 heteroatoms. The fraction of sp³-hybridized carbons (Fsp3) is 0.208. The van der Waals surface area contributed by atoms with E-state index in [1.54, 1.807) is 55.5 Å². The molecule has 1 heterocycles. The predicted molar refractivity (Wildman–Crippen MR) is 125 cm³/mol. The van der Waals surface area contributed by atoms with Crippen molar-refractivity contribution in [3.05, 3.63) is 82.5 Å². The van der Waals surface area contributed by atoms with E-state index in [0.29, 0.717) is 16.9 Å². The van der Waals surface area contributed by atoms with E-state index in [4.69, 9.17) is 0 Å². The standard InChI is InChI=1S/C24H24N2O4S2/c1-17(2)23-15-19(14-21(16-25)32(29,30)20-10-6-5-7-11-20)18(3)26(23)22-12-8-9-13-24(22)31(4,27)28/h5-15,17H,1-4H3/b21-14+. The first kappa shape index (κ1) is 23.5. The molecule has 0 aliphatic rings. The third-order valence-corrected chi connectivity index (χ3v) is 7.98. The Morgan fingerprint density at radius 3 is 2.16 bits per heavy atom. The number of rotatable bonds is 6. The van der Waals surface area contributed by atoms with Crippen molar-refractivity contribution < 1.29 is 16.8 Å². The van der Waals surface area contributed by atoms with Crippen LogP contribution in [0.4, 0.5) is 0 Å². The maximum atomic E-state index is 13.0. The molecule has 3 aromatic rings. The van der Waals surface area contributed by atoms with Crippen molar-refractivity contribution in [2.24, 2.45) is 0 Å². The molecule has 0 spiro atoms. The molecule has 6 nitrogen and oxygen atoms in total. The van der Waals surface area contributed by atoms with Gasteiger partial charge in [0.1, 0.15) is 11.0 Å². The number of hydrogen-bond donors (Lipinski definition) is 0. The van der Waals surface area contributed by atoms with Crippen molar-refractivity contribution in [2.75, 3.05) is 6.26 Å². The summed E-state index contributed by atoms with van der Waals surface area (Å²) in [6, 6.07) is 18.1. The Morgan fingerprint density at radius 1 is 1.00 bits per heavy atom. The van der Waals surface area contributed by atoms with E-state index < -0.39 is 19.7 Å². The molecule has 0 bridgehead atoms. The SMILES string of the molecule is Cc1c(/C=C(\C#N)S(=O)(=O)c2ccccc2)cc(C(C)C)n1-c1ccccc1S(C)(=O)=O. The van der Waals surface area contributed by atoms with Crippen LogP contribution < -0.4 is 0 Å². The van der Waals surface area contributed by atoms with Gasteiger partial charge < -0.3 is 4.57 Å². The molecule has 0 unspecified atom stereocenters. The minimum atomic E-state index is -3.99. The molecule has 0 saturated heterocycles. The zero-order valence-electron chi connectivity index (χ0n) is 18.3. The largest absolute Gasteiger partial charge is 0.316 e. The van der Waals surface area contributed by atoms with Gasteiger partial charge in [-0.2, -0.15) is 5.26 Å². The van der Waals surface area contributed by atoms with E-state index in [1.807, 2.05) is 24.5 Å². The summed E-state index contributed by atoms with van der Waals surface area (Å²) < 4.78 is 52.6. The van der Waals surface area contributed by atoms with Gasteiger partial charge in [-0.25, -0.2) is 16.8 Å². The van der Waals surface area contributed by atoms with Gasteiger partial charge in [0.15, 0.2) is 9.84 Å². The van der Waals surface area contributed by atoms with Gasteiger partial charge >= 0.3 is 0 Å². The smallest absolute Gasteiger partial charge is 0.216 e. The number of nitrogens with zero attached hydrogens (tertiary/aromatic N) is 2. The summed E-state index contributed by atoms with van der Waals surface area (Å²) in [6.45, 7) is 5.71. The van der Waals surface area contributed by atoms with Crippen molar-refractivity contribution in [1.82, 2.24) is 4.57 Å². The quantitative estimate of drug-likeness (QED) is 0.491. The fourth-order valence-electron chi connectivity index (χ4n) is 3.54. The van der Waals surface area contributed by atoms with Crippen LogP contribution in [0.5, 0.6) is 0 Å². The second kappa shape index (κ2) is 8.77. The number of para-hydroxylation sites is 1. The van der Waals surface area contributed by atoms with E-state index in [9.17, 15) is 22.1 Å². The molecule has 0 saturated carbocycles. The summed E-state index contributed by atoms with van der Waals surface area (Å²) in [5, 5.41) is 9.64. The molecule has 0 N–H and O–H groups in total. The molecule has 1 aromatic heterocycles. The summed E-state index contributed by atoms with van der Waals surface area (Å²) in [6.07, 6.45) is 2.50. The molecule has 32 heavy (non-hydrogen) atoms. The number of nitriles is 1. The second-order valence-corrected chi connectivity index (χ2v) is 11.7. The highest BCUT2D eigenvalue weighted by Gasteiger charge is 2.24. The van der Waals surface area contributed by atoms with E-state index in [1.165, 1.54) is 18.2 Å². The van der Waals surface area contributed by atoms with Crippen molar-refractivity contribution in [2.45, 2.75) is 36.5 Å². The van der Waals surface area contributed by atoms with Gasteiger partial charge in [-0.05, 0) is 54.8 Å². The van der Waals surface area contributed by atoms with Crippen LogP contribution in [0.15, 0.2) is 75.4 Å². The van der Waals surface area contributed by atoms with Crippen molar-refractivity contribution in [1.29, 1.82) is 5.26 Å². The fourth-order valence-corrected chi connectivity index (χ4v) is 5.57. The van der Waals surface area contributed by atoms with Gasteiger partial charge in [0.25, 0.3) is 0 Å². The maximum absolute atomic E-state index is 13.0. The Kier molecular flexibility index (Phi) is 6.44. The van der Waals surface area contributed by atoms with Gasteiger partial charge in [-0.1, -0.05) is 44.2 Å². The van der Waals surface area contributed by atoms with Crippen LogP contribution in [-0.4, -0.2) is 27.7 Å². The lowest BCUT2D eigenvalue weighted by Crippen LogP contribution is -2.09. The van der Waals surface area contributed by atoms with Crippen molar-refractivity contribution in [3.63, 3.8) is 0 Å². The third-order valence-electron chi connectivity index (χ3n) is 5.15. The summed E-state index contributed by atoms with van der Waals surface area (Å²) in [5.41, 5.74) is 2.47. The maximum Gasteiger partial charge on any atom is 0.216 e. The van der Waals surface area contributed by atoms with Crippen LogP contribution in [-0.2, 0) is 19.7 Å². The predicted octanol–water partition coefficient (Wildman–Crippen LogP) is 4.65. The van der Waals surface area contributed by atoms with Crippen molar-refractivity contribution >= 4 is 25.8 Å². The first-order valence-electron chi connectivity index (χ1n) is 9.92. The molecular formula is C24H24N2O4S2. The lowest BCUT2D eigenvalue weighted by Gasteiger charge is -2.17. The lowest BCUT2D eigenvalue weighted by atomic mass is 10.1. The number of aromatic nitrogens is 1. The van der Waals surface area contributed by atoms with Crippen molar-refractivity contribution in [3.8, 4) is 11.8 Å². The average molecular weight is 469 g/mol. The molecule has 0 fully saturated rings. The van der Waals surface area contributed by atoms with Crippen LogP contribution in [0, 0.1) is 18.3 Å². The summed E-state index contributed by atoms with van der Waals surface area (Å²) in [5.74, 6) is 0.0136. The minimum absolute atomic E-state index is 0.0136. The van der Waals surface area contributed by atoms with E-state index >= 15 is 0 Å². The lowest BCUT2D eigenvalue weighted by molar-refractivity contribution is 0.600. The molecule has 2 aromatic carbocycles. The average Bonchev–Trinajstić information content (AvgIpc) is 3.08. The second-order valence-electron chi connectivity index (χ2n) is 7.78. The highest BCUT2D eigenvalue weighted by molar-refractivity contribution is 7.95. The van der Waals surface area contributed by atoms with Crippen LogP contribution >= 0.6 is 0 Å². The Balaban J connectivity index is 2.28. The third kappa shape index (κ3) is 4.40.